The van der Waals surface area contributed by atoms with Gasteiger partial charge in [-0.05, 0) is 65.0 Å². The van der Waals surface area contributed by atoms with E-state index < -0.39 is 0 Å². The van der Waals surface area contributed by atoms with E-state index in [1.54, 1.807) is 0 Å². The SMILES string of the molecule is Cc1cc(-c2[c-]cc3oc4ccc(Cc5ccccc5)nc4c3c2)ncc1-c1ccccc1.Cc1ccc(-c2[c-]cccc2)nc1.[Ir]. The normalized spacial score (nSPS) is 10.7. The predicted octanol–water partition coefficient (Wildman–Crippen LogP) is 10.3. The van der Waals surface area contributed by atoms with E-state index in [-0.39, 0.29) is 20.1 Å². The zero-order valence-corrected chi connectivity index (χ0v) is 28.5. The van der Waals surface area contributed by atoms with Crippen molar-refractivity contribution in [3.8, 4) is 33.6 Å². The minimum Gasteiger partial charge on any atom is -0.499 e. The van der Waals surface area contributed by atoms with E-state index >= 15 is 0 Å². The number of aryl methyl sites for hydroxylation is 2. The van der Waals surface area contributed by atoms with Crippen LogP contribution in [-0.4, -0.2) is 15.0 Å². The first-order valence-electron chi connectivity index (χ1n) is 15.3. The third-order valence-electron chi connectivity index (χ3n) is 7.90. The standard InChI is InChI=1S/C30H21N2O.C12H10N.Ir/c1-20-16-27(31-19-26(20)22-10-6-3-7-11-22)23-12-14-28-25(18-23)30-29(33-28)15-13-24(32-30)17-21-8-4-2-5-9-21;1-10-7-8-12(13-9-10)11-5-3-2-4-6-11;/h2-11,13-16,18-19H,17H2,1H3;2-5,7-9H,1H3;/q2*-1;. The average Bonchev–Trinajstić information content (AvgIpc) is 3.47. The van der Waals surface area contributed by atoms with Gasteiger partial charge in [-0.3, -0.25) is 4.98 Å². The summed E-state index contributed by atoms with van der Waals surface area (Å²) >= 11 is 0. The fraction of sp³-hybridized carbons (Fsp3) is 0.0714. The Balaban J connectivity index is 0.000000232. The van der Waals surface area contributed by atoms with E-state index in [1.807, 2.05) is 92.1 Å². The van der Waals surface area contributed by atoms with E-state index in [9.17, 15) is 0 Å². The van der Waals surface area contributed by atoms with Crippen LogP contribution in [0.3, 0.4) is 0 Å². The van der Waals surface area contributed by atoms with Gasteiger partial charge in [-0.25, -0.2) is 0 Å². The summed E-state index contributed by atoms with van der Waals surface area (Å²) in [7, 11) is 0. The third kappa shape index (κ3) is 7.28. The Bertz CT molecular complexity index is 2230. The first-order chi connectivity index (χ1) is 22.6. The summed E-state index contributed by atoms with van der Waals surface area (Å²) in [5.41, 5.74) is 13.2. The zero-order valence-electron chi connectivity index (χ0n) is 26.1. The average molecular weight is 786 g/mol. The molecule has 0 unspecified atom stereocenters. The monoisotopic (exact) mass is 786 g/mol. The van der Waals surface area contributed by atoms with Crippen molar-refractivity contribution in [2.75, 3.05) is 0 Å². The van der Waals surface area contributed by atoms with Crippen LogP contribution < -0.4 is 0 Å². The largest absolute Gasteiger partial charge is 0.499 e. The summed E-state index contributed by atoms with van der Waals surface area (Å²) in [6.07, 6.45) is 4.61. The number of aromatic nitrogens is 3. The molecule has 0 spiro atoms. The van der Waals surface area contributed by atoms with Gasteiger partial charge in [0.1, 0.15) is 5.58 Å². The van der Waals surface area contributed by atoms with Gasteiger partial charge in [-0.1, -0.05) is 78.9 Å². The molecule has 5 heteroatoms. The number of hydrogen-bond donors (Lipinski definition) is 0. The molecule has 4 aromatic carbocycles. The Kier molecular flexibility index (Phi) is 9.77. The molecule has 231 valence electrons. The maximum Gasteiger partial charge on any atom is 0.139 e. The number of nitrogens with zero attached hydrogens (tertiary/aromatic N) is 3. The molecule has 8 aromatic rings. The summed E-state index contributed by atoms with van der Waals surface area (Å²) < 4.78 is 6.04. The number of pyridine rings is 3. The molecule has 0 bridgehead atoms. The Morgan fingerprint density at radius 3 is 2.15 bits per heavy atom. The maximum absolute atomic E-state index is 6.04. The van der Waals surface area contributed by atoms with Crippen molar-refractivity contribution in [3.63, 3.8) is 0 Å². The second-order valence-corrected chi connectivity index (χ2v) is 11.3. The van der Waals surface area contributed by atoms with Gasteiger partial charge in [0.25, 0.3) is 0 Å². The molecule has 0 saturated heterocycles. The number of fused-ring (bicyclic) bond motifs is 3. The first-order valence-corrected chi connectivity index (χ1v) is 15.3. The predicted molar refractivity (Wildman–Crippen MR) is 186 cm³/mol. The Morgan fingerprint density at radius 1 is 0.660 bits per heavy atom. The molecular weight excluding hydrogens is 755 g/mol. The van der Waals surface area contributed by atoms with Crippen LogP contribution in [-0.2, 0) is 26.5 Å². The molecule has 0 atom stereocenters. The van der Waals surface area contributed by atoms with Crippen LogP contribution in [0, 0.1) is 26.0 Å². The fourth-order valence-corrected chi connectivity index (χ4v) is 5.48. The molecule has 0 fully saturated rings. The molecule has 0 aliphatic rings. The third-order valence-corrected chi connectivity index (χ3v) is 7.90. The molecular formula is C42H31IrN3O-2. The summed E-state index contributed by atoms with van der Waals surface area (Å²) in [4.78, 5) is 14.0. The number of furan rings is 1. The summed E-state index contributed by atoms with van der Waals surface area (Å²) in [5, 5.41) is 0.986. The van der Waals surface area contributed by atoms with E-state index in [4.69, 9.17) is 14.4 Å². The van der Waals surface area contributed by atoms with E-state index in [2.05, 4.69) is 78.6 Å². The van der Waals surface area contributed by atoms with E-state index in [0.717, 1.165) is 62.3 Å². The van der Waals surface area contributed by atoms with Gasteiger partial charge < -0.3 is 14.4 Å². The second-order valence-electron chi connectivity index (χ2n) is 11.3. The van der Waals surface area contributed by atoms with Crippen molar-refractivity contribution in [1.82, 2.24) is 15.0 Å². The smallest absolute Gasteiger partial charge is 0.139 e. The van der Waals surface area contributed by atoms with E-state index in [1.165, 1.54) is 22.3 Å². The van der Waals surface area contributed by atoms with Crippen LogP contribution in [0.15, 0.2) is 144 Å². The van der Waals surface area contributed by atoms with Crippen LogP contribution in [0.1, 0.15) is 22.4 Å². The van der Waals surface area contributed by atoms with Crippen LogP contribution in [0.5, 0.6) is 0 Å². The summed E-state index contributed by atoms with van der Waals surface area (Å²) in [5.74, 6) is 0. The first kappa shape index (κ1) is 31.7. The molecule has 0 saturated carbocycles. The van der Waals surface area contributed by atoms with Gasteiger partial charge in [-0.2, -0.15) is 0 Å². The fourth-order valence-electron chi connectivity index (χ4n) is 5.48. The van der Waals surface area contributed by atoms with Gasteiger partial charge in [-0.15, -0.1) is 59.7 Å². The minimum atomic E-state index is 0. The number of benzene rings is 4. The molecule has 0 aliphatic heterocycles. The molecule has 4 nitrogen and oxygen atoms in total. The minimum absolute atomic E-state index is 0. The molecule has 0 amide bonds. The van der Waals surface area contributed by atoms with Crippen molar-refractivity contribution < 1.29 is 24.5 Å². The molecule has 1 radical (unpaired) electrons. The van der Waals surface area contributed by atoms with Crippen molar-refractivity contribution >= 4 is 22.1 Å². The molecule has 47 heavy (non-hydrogen) atoms. The quantitative estimate of drug-likeness (QED) is 0.163. The number of rotatable bonds is 5. The van der Waals surface area contributed by atoms with Crippen molar-refractivity contribution in [2.24, 2.45) is 0 Å². The number of hydrogen-bond acceptors (Lipinski definition) is 4. The zero-order chi connectivity index (χ0) is 31.3. The molecule has 0 aliphatic carbocycles. The Labute approximate surface area is 288 Å². The van der Waals surface area contributed by atoms with Crippen molar-refractivity contribution in [1.29, 1.82) is 0 Å². The van der Waals surface area contributed by atoms with Gasteiger partial charge in [0.05, 0.1) is 11.1 Å². The van der Waals surface area contributed by atoms with Gasteiger partial charge in [0.2, 0.25) is 0 Å². The van der Waals surface area contributed by atoms with E-state index in [0.29, 0.717) is 0 Å². The van der Waals surface area contributed by atoms with Crippen molar-refractivity contribution in [2.45, 2.75) is 20.3 Å². The van der Waals surface area contributed by atoms with Crippen LogP contribution in [0.4, 0.5) is 0 Å². The van der Waals surface area contributed by atoms with Gasteiger partial charge in [0.15, 0.2) is 0 Å². The topological polar surface area (TPSA) is 51.8 Å². The van der Waals surface area contributed by atoms with Crippen LogP contribution >= 0.6 is 0 Å². The molecule has 0 N–H and O–H groups in total. The Hall–Kier alpha value is -5.22. The molecule has 4 aromatic heterocycles. The van der Waals surface area contributed by atoms with Crippen LogP contribution in [0.2, 0.25) is 0 Å². The van der Waals surface area contributed by atoms with Crippen LogP contribution in [0.25, 0.3) is 55.7 Å². The van der Waals surface area contributed by atoms with Gasteiger partial charge >= 0.3 is 0 Å². The molecule has 8 rings (SSSR count). The van der Waals surface area contributed by atoms with Crippen molar-refractivity contribution in [3.05, 3.63) is 174 Å². The Morgan fingerprint density at radius 2 is 1.43 bits per heavy atom. The molecule has 4 heterocycles. The second kappa shape index (κ2) is 14.5. The summed E-state index contributed by atoms with van der Waals surface area (Å²) in [6.45, 7) is 4.15. The summed E-state index contributed by atoms with van der Waals surface area (Å²) in [6, 6.07) is 49.3. The van der Waals surface area contributed by atoms with Gasteiger partial charge in [0, 0.05) is 50.2 Å². The maximum atomic E-state index is 6.04.